The summed E-state index contributed by atoms with van der Waals surface area (Å²) in [5, 5.41) is 0. The van der Waals surface area contributed by atoms with Crippen molar-refractivity contribution in [2.45, 2.75) is 20.0 Å². The third kappa shape index (κ3) is 3.94. The molecule has 0 amide bonds. The van der Waals surface area contributed by atoms with Gasteiger partial charge >= 0.3 is 6.16 Å². The lowest BCUT2D eigenvalue weighted by atomic mass is 10.2. The van der Waals surface area contributed by atoms with Crippen LogP contribution in [-0.4, -0.2) is 12.3 Å². The minimum Gasteiger partial charge on any atom is -0.432 e. The second kappa shape index (κ2) is 5.27. The highest BCUT2D eigenvalue weighted by atomic mass is 16.7. The van der Waals surface area contributed by atoms with Crippen LogP contribution >= 0.6 is 0 Å². The van der Waals surface area contributed by atoms with E-state index in [4.69, 9.17) is 9.47 Å². The van der Waals surface area contributed by atoms with Gasteiger partial charge in [-0.25, -0.2) is 4.79 Å². The molecular weight excluding hydrogens is 180 g/mol. The molecule has 0 N–H and O–H groups in total. The molecule has 1 radical (unpaired) electrons. The standard InChI is InChI=1S/C11H13O3/c1-9(2)14-11(12)13-8-10-6-4-3-5-7-10/h3-9H,1-2H3. The quantitative estimate of drug-likeness (QED) is 0.692. The van der Waals surface area contributed by atoms with Gasteiger partial charge in [0.25, 0.3) is 0 Å². The predicted molar refractivity (Wildman–Crippen MR) is 52.5 cm³/mol. The highest BCUT2D eigenvalue weighted by molar-refractivity contribution is 5.61. The van der Waals surface area contributed by atoms with Crippen LogP contribution in [0.1, 0.15) is 19.4 Å². The van der Waals surface area contributed by atoms with Gasteiger partial charge in [0.1, 0.15) is 0 Å². The van der Waals surface area contributed by atoms with Crippen molar-refractivity contribution in [3.63, 3.8) is 0 Å². The average molecular weight is 193 g/mol. The number of benzene rings is 1. The van der Waals surface area contributed by atoms with Crippen LogP contribution in [0.2, 0.25) is 0 Å². The molecule has 0 fully saturated rings. The van der Waals surface area contributed by atoms with E-state index in [0.717, 1.165) is 5.56 Å². The van der Waals surface area contributed by atoms with Crippen LogP contribution in [0, 0.1) is 6.61 Å². The van der Waals surface area contributed by atoms with E-state index >= 15 is 0 Å². The van der Waals surface area contributed by atoms with E-state index in [9.17, 15) is 4.79 Å². The predicted octanol–water partition coefficient (Wildman–Crippen LogP) is 2.76. The van der Waals surface area contributed by atoms with Crippen LogP contribution < -0.4 is 0 Å². The summed E-state index contributed by atoms with van der Waals surface area (Å²) < 4.78 is 9.53. The molecule has 1 aromatic rings. The normalized spacial score (nSPS) is 9.93. The molecule has 14 heavy (non-hydrogen) atoms. The number of hydrogen-bond acceptors (Lipinski definition) is 3. The van der Waals surface area contributed by atoms with Crippen LogP contribution in [-0.2, 0) is 9.47 Å². The molecule has 0 aromatic heterocycles. The molecule has 0 saturated carbocycles. The maximum atomic E-state index is 11.0. The number of ether oxygens (including phenoxy) is 2. The van der Waals surface area contributed by atoms with Crippen LogP contribution in [0.25, 0.3) is 0 Å². The molecule has 1 aromatic carbocycles. The second-order valence-corrected chi connectivity index (χ2v) is 3.06. The third-order valence-corrected chi connectivity index (χ3v) is 1.42. The van der Waals surface area contributed by atoms with Gasteiger partial charge < -0.3 is 9.47 Å². The molecule has 3 nitrogen and oxygen atoms in total. The SMILES string of the molecule is CC(C)OC(=O)O[CH]c1ccccc1. The van der Waals surface area contributed by atoms with E-state index in [0.29, 0.717) is 0 Å². The Kier molecular flexibility index (Phi) is 3.98. The monoisotopic (exact) mass is 193 g/mol. The van der Waals surface area contributed by atoms with Gasteiger partial charge in [-0.2, -0.15) is 0 Å². The highest BCUT2D eigenvalue weighted by Gasteiger charge is 2.06. The largest absolute Gasteiger partial charge is 0.509 e. The van der Waals surface area contributed by atoms with E-state index in [2.05, 4.69) is 0 Å². The van der Waals surface area contributed by atoms with E-state index < -0.39 is 6.16 Å². The maximum Gasteiger partial charge on any atom is 0.509 e. The minimum absolute atomic E-state index is 0.160. The Morgan fingerprint density at radius 2 is 1.93 bits per heavy atom. The molecule has 0 aliphatic rings. The maximum absolute atomic E-state index is 11.0. The molecule has 0 aliphatic carbocycles. The average Bonchev–Trinajstić information content (AvgIpc) is 2.15. The summed E-state index contributed by atoms with van der Waals surface area (Å²) in [6, 6.07) is 9.29. The second-order valence-electron chi connectivity index (χ2n) is 3.06. The first-order valence-electron chi connectivity index (χ1n) is 4.44. The van der Waals surface area contributed by atoms with Crippen molar-refractivity contribution in [2.24, 2.45) is 0 Å². The number of carbonyl (C=O) groups excluding carboxylic acids is 1. The lowest BCUT2D eigenvalue weighted by Crippen LogP contribution is -2.11. The summed E-state index contributed by atoms with van der Waals surface area (Å²) in [6.45, 7) is 4.90. The summed E-state index contributed by atoms with van der Waals surface area (Å²) in [7, 11) is 0. The fourth-order valence-electron chi connectivity index (χ4n) is 0.868. The number of rotatable bonds is 3. The van der Waals surface area contributed by atoms with Gasteiger partial charge in [-0.15, -0.1) is 0 Å². The lowest BCUT2D eigenvalue weighted by Gasteiger charge is -2.07. The highest BCUT2D eigenvalue weighted by Crippen LogP contribution is 2.04. The van der Waals surface area contributed by atoms with Gasteiger partial charge in [0.2, 0.25) is 0 Å². The third-order valence-electron chi connectivity index (χ3n) is 1.42. The van der Waals surface area contributed by atoms with Crippen LogP contribution in [0.15, 0.2) is 30.3 Å². The van der Waals surface area contributed by atoms with Crippen LogP contribution in [0.5, 0.6) is 0 Å². The fraction of sp³-hybridized carbons (Fsp3) is 0.273. The zero-order valence-corrected chi connectivity index (χ0v) is 8.27. The molecule has 0 spiro atoms. The van der Waals surface area contributed by atoms with Crippen molar-refractivity contribution in [1.82, 2.24) is 0 Å². The molecule has 3 heteroatoms. The Balaban J connectivity index is 2.31. The molecule has 0 atom stereocenters. The van der Waals surface area contributed by atoms with Gasteiger partial charge in [0.05, 0.1) is 6.10 Å². The summed E-state index contributed by atoms with van der Waals surface area (Å²) in [5.41, 5.74) is 0.827. The molecular formula is C11H13O3. The first-order chi connectivity index (χ1) is 6.68. The van der Waals surface area contributed by atoms with Crippen molar-refractivity contribution in [2.75, 3.05) is 0 Å². The van der Waals surface area contributed by atoms with Crippen LogP contribution in [0.4, 0.5) is 4.79 Å². The lowest BCUT2D eigenvalue weighted by molar-refractivity contribution is 0.0530. The Morgan fingerprint density at radius 1 is 1.29 bits per heavy atom. The summed E-state index contributed by atoms with van der Waals surface area (Å²) in [4.78, 5) is 11.0. The molecule has 0 saturated heterocycles. The fourth-order valence-corrected chi connectivity index (χ4v) is 0.868. The van der Waals surface area contributed by atoms with E-state index in [1.165, 1.54) is 6.61 Å². The molecule has 1 rings (SSSR count). The molecule has 75 valence electrons. The smallest absolute Gasteiger partial charge is 0.432 e. The van der Waals surface area contributed by atoms with Crippen molar-refractivity contribution < 1.29 is 14.3 Å². The Labute approximate surface area is 83.6 Å². The Bertz CT molecular complexity index is 280. The number of hydrogen-bond donors (Lipinski definition) is 0. The van der Waals surface area contributed by atoms with Crippen molar-refractivity contribution in [1.29, 1.82) is 0 Å². The van der Waals surface area contributed by atoms with Crippen molar-refractivity contribution >= 4 is 6.16 Å². The number of carbonyl (C=O) groups is 1. The van der Waals surface area contributed by atoms with Crippen molar-refractivity contribution in [3.05, 3.63) is 42.5 Å². The van der Waals surface area contributed by atoms with E-state index in [1.807, 2.05) is 30.3 Å². The Morgan fingerprint density at radius 3 is 2.50 bits per heavy atom. The van der Waals surface area contributed by atoms with E-state index in [-0.39, 0.29) is 6.10 Å². The first kappa shape index (κ1) is 10.6. The van der Waals surface area contributed by atoms with E-state index in [1.54, 1.807) is 13.8 Å². The first-order valence-corrected chi connectivity index (χ1v) is 4.44. The summed E-state index contributed by atoms with van der Waals surface area (Å²) >= 11 is 0. The van der Waals surface area contributed by atoms with Gasteiger partial charge in [-0.05, 0) is 19.4 Å². The molecule has 0 unspecified atom stereocenters. The zero-order valence-electron chi connectivity index (χ0n) is 8.27. The van der Waals surface area contributed by atoms with Gasteiger partial charge in [0.15, 0.2) is 6.61 Å². The topological polar surface area (TPSA) is 35.5 Å². The Hall–Kier alpha value is -1.51. The molecule has 0 heterocycles. The molecule has 0 bridgehead atoms. The van der Waals surface area contributed by atoms with Gasteiger partial charge in [0, 0.05) is 0 Å². The zero-order chi connectivity index (χ0) is 10.4. The summed E-state index contributed by atoms with van der Waals surface area (Å²) in [5.74, 6) is 0. The van der Waals surface area contributed by atoms with Gasteiger partial charge in [-0.3, -0.25) is 0 Å². The molecule has 0 aliphatic heterocycles. The van der Waals surface area contributed by atoms with Crippen molar-refractivity contribution in [3.8, 4) is 0 Å². The van der Waals surface area contributed by atoms with Gasteiger partial charge in [-0.1, -0.05) is 30.3 Å². The summed E-state index contributed by atoms with van der Waals surface area (Å²) in [6.07, 6.45) is -0.837. The van der Waals surface area contributed by atoms with Crippen LogP contribution in [0.3, 0.4) is 0 Å². The minimum atomic E-state index is -0.677.